The third-order valence-corrected chi connectivity index (χ3v) is 4.98. The maximum atomic E-state index is 12.8. The van der Waals surface area contributed by atoms with E-state index in [4.69, 9.17) is 9.47 Å². The van der Waals surface area contributed by atoms with E-state index in [-0.39, 0.29) is 12.2 Å². The lowest BCUT2D eigenvalue weighted by Gasteiger charge is -2.38. The van der Waals surface area contributed by atoms with Gasteiger partial charge in [-0.2, -0.15) is 0 Å². The van der Waals surface area contributed by atoms with E-state index in [0.717, 1.165) is 15.6 Å². The van der Waals surface area contributed by atoms with E-state index < -0.39 is 5.79 Å². The summed E-state index contributed by atoms with van der Waals surface area (Å²) in [4.78, 5) is 12.8. The lowest BCUT2D eigenvalue weighted by Crippen LogP contribution is -2.42. The Bertz CT molecular complexity index is 922. The number of rotatable bonds is 4. The lowest BCUT2D eigenvalue weighted by molar-refractivity contribution is -0.201. The molecular formula is C22H17BrO3. The van der Waals surface area contributed by atoms with Crippen LogP contribution >= 0.6 is 15.9 Å². The second-order valence-electron chi connectivity index (χ2n) is 6.23. The maximum absolute atomic E-state index is 12.8. The first kappa shape index (κ1) is 17.0. The first-order valence-electron chi connectivity index (χ1n) is 8.41. The third-order valence-electron chi connectivity index (χ3n) is 4.45. The zero-order chi connectivity index (χ0) is 18.0. The molecule has 0 N–H and O–H groups in total. The molecule has 130 valence electrons. The van der Waals surface area contributed by atoms with Crippen LogP contribution in [-0.2, 0) is 17.1 Å². The van der Waals surface area contributed by atoms with Crippen LogP contribution in [0.4, 0.5) is 0 Å². The van der Waals surface area contributed by atoms with Crippen LogP contribution in [0.5, 0.6) is 5.75 Å². The molecule has 3 nitrogen and oxygen atoms in total. The Morgan fingerprint density at radius 1 is 0.923 bits per heavy atom. The van der Waals surface area contributed by atoms with Gasteiger partial charge in [-0.1, -0.05) is 70.5 Å². The highest BCUT2D eigenvalue weighted by atomic mass is 79.9. The molecule has 0 fully saturated rings. The molecule has 26 heavy (non-hydrogen) atoms. The summed E-state index contributed by atoms with van der Waals surface area (Å²) in [5, 5.41) is 0. The summed E-state index contributed by atoms with van der Waals surface area (Å²) < 4.78 is 13.5. The Labute approximate surface area is 160 Å². The van der Waals surface area contributed by atoms with Crippen molar-refractivity contribution in [2.24, 2.45) is 0 Å². The SMILES string of the molecule is O=C1CC(OCc2ccccc2)(c2ccc(Br)cc2)Oc2ccccc21. The summed E-state index contributed by atoms with van der Waals surface area (Å²) in [7, 11) is 0. The van der Waals surface area contributed by atoms with Gasteiger partial charge in [0.25, 0.3) is 0 Å². The maximum Gasteiger partial charge on any atom is 0.245 e. The van der Waals surface area contributed by atoms with Crippen LogP contribution in [0.15, 0.2) is 83.3 Å². The van der Waals surface area contributed by atoms with E-state index in [1.807, 2.05) is 72.8 Å². The van der Waals surface area contributed by atoms with Crippen LogP contribution in [0.1, 0.15) is 27.9 Å². The predicted octanol–water partition coefficient (Wildman–Crippen LogP) is 5.48. The number of para-hydroxylation sites is 1. The zero-order valence-corrected chi connectivity index (χ0v) is 15.6. The van der Waals surface area contributed by atoms with Crippen molar-refractivity contribution < 1.29 is 14.3 Å². The summed E-state index contributed by atoms with van der Waals surface area (Å²) in [5.74, 6) is -0.565. The van der Waals surface area contributed by atoms with Gasteiger partial charge >= 0.3 is 0 Å². The van der Waals surface area contributed by atoms with Crippen molar-refractivity contribution in [3.63, 3.8) is 0 Å². The van der Waals surface area contributed by atoms with Gasteiger partial charge in [-0.25, -0.2) is 0 Å². The van der Waals surface area contributed by atoms with E-state index in [1.165, 1.54) is 0 Å². The Balaban J connectivity index is 1.73. The zero-order valence-electron chi connectivity index (χ0n) is 14.0. The number of ether oxygens (including phenoxy) is 2. The van der Waals surface area contributed by atoms with E-state index in [2.05, 4.69) is 15.9 Å². The highest BCUT2D eigenvalue weighted by Crippen LogP contribution is 2.41. The van der Waals surface area contributed by atoms with Crippen molar-refractivity contribution >= 4 is 21.7 Å². The van der Waals surface area contributed by atoms with E-state index in [9.17, 15) is 4.79 Å². The molecule has 0 saturated heterocycles. The molecule has 3 aromatic rings. The van der Waals surface area contributed by atoms with Crippen molar-refractivity contribution in [1.82, 2.24) is 0 Å². The summed E-state index contributed by atoms with van der Waals surface area (Å²) in [5.41, 5.74) is 2.45. The summed E-state index contributed by atoms with van der Waals surface area (Å²) in [6.45, 7) is 0.354. The number of hydrogen-bond donors (Lipinski definition) is 0. The first-order valence-corrected chi connectivity index (χ1v) is 9.21. The van der Waals surface area contributed by atoms with Crippen LogP contribution in [-0.4, -0.2) is 5.78 Å². The number of halogens is 1. The van der Waals surface area contributed by atoms with Gasteiger partial charge in [-0.15, -0.1) is 0 Å². The minimum atomic E-state index is -1.14. The molecule has 1 atom stereocenters. The van der Waals surface area contributed by atoms with Gasteiger partial charge in [0.2, 0.25) is 5.79 Å². The minimum Gasteiger partial charge on any atom is -0.457 e. The second kappa shape index (κ2) is 7.06. The highest BCUT2D eigenvalue weighted by Gasteiger charge is 2.43. The normalized spacial score (nSPS) is 18.9. The van der Waals surface area contributed by atoms with E-state index in [0.29, 0.717) is 17.9 Å². The van der Waals surface area contributed by atoms with Crippen molar-refractivity contribution in [2.75, 3.05) is 0 Å². The molecule has 1 heterocycles. The van der Waals surface area contributed by atoms with Gasteiger partial charge in [0, 0.05) is 10.0 Å². The summed E-state index contributed by atoms with van der Waals surface area (Å²) in [6, 6.07) is 24.9. The van der Waals surface area contributed by atoms with Crippen molar-refractivity contribution in [3.05, 3.63) is 100 Å². The first-order chi connectivity index (χ1) is 12.7. The number of carbonyl (C=O) groups is 1. The van der Waals surface area contributed by atoms with Crippen molar-refractivity contribution in [2.45, 2.75) is 18.8 Å². The smallest absolute Gasteiger partial charge is 0.245 e. The molecule has 0 aliphatic carbocycles. The van der Waals surface area contributed by atoms with Gasteiger partial charge in [-0.3, -0.25) is 4.79 Å². The lowest BCUT2D eigenvalue weighted by atomic mass is 9.93. The van der Waals surface area contributed by atoms with Crippen LogP contribution in [0.3, 0.4) is 0 Å². The molecule has 0 saturated carbocycles. The summed E-state index contributed by atoms with van der Waals surface area (Å²) >= 11 is 3.45. The Kier molecular flexibility index (Phi) is 4.62. The van der Waals surface area contributed by atoms with Gasteiger partial charge in [0.15, 0.2) is 5.78 Å². The third kappa shape index (κ3) is 3.30. The molecule has 0 bridgehead atoms. The van der Waals surface area contributed by atoms with Crippen LogP contribution in [0.25, 0.3) is 0 Å². The molecule has 3 aromatic carbocycles. The fourth-order valence-corrected chi connectivity index (χ4v) is 3.37. The number of Topliss-reactive ketones (excluding diaryl/α,β-unsaturated/α-hetero) is 1. The molecule has 0 spiro atoms. The predicted molar refractivity (Wildman–Crippen MR) is 103 cm³/mol. The van der Waals surface area contributed by atoms with Gasteiger partial charge in [-0.05, 0) is 29.8 Å². The van der Waals surface area contributed by atoms with Gasteiger partial charge in [0.05, 0.1) is 18.6 Å². The topological polar surface area (TPSA) is 35.5 Å². The number of carbonyl (C=O) groups excluding carboxylic acids is 1. The van der Waals surface area contributed by atoms with Gasteiger partial charge < -0.3 is 9.47 Å². The van der Waals surface area contributed by atoms with Crippen molar-refractivity contribution in [3.8, 4) is 5.75 Å². The standard InChI is InChI=1S/C22H17BrO3/c23-18-12-10-17(11-13-18)22(25-15-16-6-2-1-3-7-16)14-20(24)19-8-4-5-9-21(19)26-22/h1-13H,14-15H2. The molecule has 4 heteroatoms. The van der Waals surface area contributed by atoms with E-state index >= 15 is 0 Å². The van der Waals surface area contributed by atoms with Crippen LogP contribution in [0, 0.1) is 0 Å². The Morgan fingerprint density at radius 3 is 2.38 bits per heavy atom. The van der Waals surface area contributed by atoms with E-state index in [1.54, 1.807) is 6.07 Å². The fraction of sp³-hybridized carbons (Fsp3) is 0.136. The molecule has 1 aliphatic rings. The fourth-order valence-electron chi connectivity index (χ4n) is 3.11. The minimum absolute atomic E-state index is 0.0165. The molecule has 1 aliphatic heterocycles. The number of fused-ring (bicyclic) bond motifs is 1. The number of ketones is 1. The molecule has 0 aromatic heterocycles. The van der Waals surface area contributed by atoms with Crippen LogP contribution in [0.2, 0.25) is 0 Å². The summed E-state index contributed by atoms with van der Waals surface area (Å²) in [6.07, 6.45) is 0.137. The molecule has 1 unspecified atom stereocenters. The van der Waals surface area contributed by atoms with Crippen molar-refractivity contribution in [1.29, 1.82) is 0 Å². The van der Waals surface area contributed by atoms with Crippen LogP contribution < -0.4 is 4.74 Å². The second-order valence-corrected chi connectivity index (χ2v) is 7.15. The molecular weight excluding hydrogens is 392 g/mol. The largest absolute Gasteiger partial charge is 0.457 e. The number of benzene rings is 3. The Hall–Kier alpha value is -2.43. The molecule has 0 amide bonds. The Morgan fingerprint density at radius 2 is 1.62 bits per heavy atom. The monoisotopic (exact) mass is 408 g/mol. The van der Waals surface area contributed by atoms with Gasteiger partial charge in [0.1, 0.15) is 5.75 Å². The molecule has 4 rings (SSSR count). The average Bonchev–Trinajstić information content (AvgIpc) is 2.68. The average molecular weight is 409 g/mol. The number of hydrogen-bond acceptors (Lipinski definition) is 3. The quantitative estimate of drug-likeness (QED) is 0.572. The molecule has 0 radical (unpaired) electrons. The highest BCUT2D eigenvalue weighted by molar-refractivity contribution is 9.10.